The Morgan fingerprint density at radius 3 is 2.35 bits per heavy atom. The molecule has 2 nitrogen and oxygen atoms in total. The van der Waals surface area contributed by atoms with E-state index in [1.807, 2.05) is 24.3 Å². The van der Waals surface area contributed by atoms with Crippen LogP contribution in [0, 0.1) is 0 Å². The molecule has 0 spiro atoms. The molecular weight excluding hydrogens is 236 g/mol. The molecule has 0 aromatic heterocycles. The average Bonchev–Trinajstić information content (AvgIpc) is 2.32. The SMILES string of the molecule is C[C@H](O)c1ccccc1Oc1ccc(Cl)cc1. The van der Waals surface area contributed by atoms with E-state index in [2.05, 4.69) is 0 Å². The molecule has 0 saturated heterocycles. The van der Waals surface area contributed by atoms with Crippen LogP contribution < -0.4 is 4.74 Å². The van der Waals surface area contributed by atoms with Gasteiger partial charge in [-0.1, -0.05) is 29.8 Å². The molecular formula is C14H13ClO2. The summed E-state index contributed by atoms with van der Waals surface area (Å²) >= 11 is 5.80. The van der Waals surface area contributed by atoms with Crippen LogP contribution in [0.25, 0.3) is 0 Å². The van der Waals surface area contributed by atoms with Gasteiger partial charge in [0, 0.05) is 10.6 Å². The summed E-state index contributed by atoms with van der Waals surface area (Å²) in [7, 11) is 0. The van der Waals surface area contributed by atoms with E-state index in [9.17, 15) is 5.11 Å². The third kappa shape index (κ3) is 2.99. The van der Waals surface area contributed by atoms with Gasteiger partial charge < -0.3 is 9.84 Å². The molecule has 1 atom stereocenters. The number of aliphatic hydroxyl groups is 1. The first-order valence-electron chi connectivity index (χ1n) is 5.37. The summed E-state index contributed by atoms with van der Waals surface area (Å²) in [5, 5.41) is 10.3. The summed E-state index contributed by atoms with van der Waals surface area (Å²) in [5.74, 6) is 1.35. The van der Waals surface area contributed by atoms with Crippen molar-refractivity contribution in [2.24, 2.45) is 0 Å². The quantitative estimate of drug-likeness (QED) is 0.883. The van der Waals surface area contributed by atoms with Gasteiger partial charge in [-0.15, -0.1) is 0 Å². The zero-order valence-electron chi connectivity index (χ0n) is 9.43. The van der Waals surface area contributed by atoms with Gasteiger partial charge in [-0.3, -0.25) is 0 Å². The minimum atomic E-state index is -0.557. The highest BCUT2D eigenvalue weighted by atomic mass is 35.5. The molecule has 88 valence electrons. The molecule has 2 rings (SSSR count). The number of benzene rings is 2. The fraction of sp³-hybridized carbons (Fsp3) is 0.143. The summed E-state index contributed by atoms with van der Waals surface area (Å²) < 4.78 is 5.71. The van der Waals surface area contributed by atoms with Crippen molar-refractivity contribution in [1.29, 1.82) is 0 Å². The first-order chi connectivity index (χ1) is 8.16. The van der Waals surface area contributed by atoms with Crippen LogP contribution in [0.3, 0.4) is 0 Å². The van der Waals surface area contributed by atoms with Crippen molar-refractivity contribution in [3.8, 4) is 11.5 Å². The third-order valence-electron chi connectivity index (χ3n) is 2.41. The second-order valence-electron chi connectivity index (χ2n) is 3.77. The van der Waals surface area contributed by atoms with Gasteiger partial charge in [0.1, 0.15) is 11.5 Å². The van der Waals surface area contributed by atoms with Crippen molar-refractivity contribution in [3.05, 3.63) is 59.1 Å². The van der Waals surface area contributed by atoms with Gasteiger partial charge in [0.2, 0.25) is 0 Å². The first-order valence-corrected chi connectivity index (χ1v) is 5.75. The summed E-state index contributed by atoms with van der Waals surface area (Å²) in [5.41, 5.74) is 0.766. The summed E-state index contributed by atoms with van der Waals surface area (Å²) in [6.45, 7) is 1.71. The summed E-state index contributed by atoms with van der Waals surface area (Å²) in [6.07, 6.45) is -0.557. The predicted octanol–water partition coefficient (Wildman–Crippen LogP) is 4.19. The second kappa shape index (κ2) is 5.21. The number of para-hydroxylation sites is 1. The van der Waals surface area contributed by atoms with E-state index in [0.29, 0.717) is 16.5 Å². The standard InChI is InChI=1S/C14H13ClO2/c1-10(16)13-4-2-3-5-14(13)17-12-8-6-11(15)7-9-12/h2-10,16H,1H3/t10-/m0/s1. The zero-order valence-corrected chi connectivity index (χ0v) is 10.2. The molecule has 0 amide bonds. The average molecular weight is 249 g/mol. The van der Waals surface area contributed by atoms with E-state index in [-0.39, 0.29) is 0 Å². The van der Waals surface area contributed by atoms with Crippen molar-refractivity contribution >= 4 is 11.6 Å². The van der Waals surface area contributed by atoms with Crippen LogP contribution in [0.1, 0.15) is 18.6 Å². The van der Waals surface area contributed by atoms with Gasteiger partial charge in [0.05, 0.1) is 6.10 Å². The van der Waals surface area contributed by atoms with Gasteiger partial charge in [0.15, 0.2) is 0 Å². The largest absolute Gasteiger partial charge is 0.457 e. The van der Waals surface area contributed by atoms with Crippen LogP contribution in [0.15, 0.2) is 48.5 Å². The Bertz CT molecular complexity index is 492. The van der Waals surface area contributed by atoms with Gasteiger partial charge in [-0.2, -0.15) is 0 Å². The molecule has 2 aromatic rings. The van der Waals surface area contributed by atoms with Gasteiger partial charge in [-0.25, -0.2) is 0 Å². The predicted molar refractivity (Wildman–Crippen MR) is 68.6 cm³/mol. The molecule has 0 radical (unpaired) electrons. The van der Waals surface area contributed by atoms with Gasteiger partial charge in [-0.05, 0) is 37.3 Å². The molecule has 2 aromatic carbocycles. The smallest absolute Gasteiger partial charge is 0.133 e. The first kappa shape index (κ1) is 12.0. The number of hydrogen-bond donors (Lipinski definition) is 1. The Hall–Kier alpha value is -1.51. The monoisotopic (exact) mass is 248 g/mol. The molecule has 0 fully saturated rings. The third-order valence-corrected chi connectivity index (χ3v) is 2.66. The van der Waals surface area contributed by atoms with Crippen molar-refractivity contribution in [2.75, 3.05) is 0 Å². The molecule has 3 heteroatoms. The number of hydrogen-bond acceptors (Lipinski definition) is 2. The van der Waals surface area contributed by atoms with Crippen LogP contribution in [-0.4, -0.2) is 5.11 Å². The lowest BCUT2D eigenvalue weighted by atomic mass is 10.1. The lowest BCUT2D eigenvalue weighted by Crippen LogP contribution is -1.95. The molecule has 0 aliphatic carbocycles. The highest BCUT2D eigenvalue weighted by Gasteiger charge is 2.08. The highest BCUT2D eigenvalue weighted by Crippen LogP contribution is 2.29. The second-order valence-corrected chi connectivity index (χ2v) is 4.21. The van der Waals surface area contributed by atoms with Gasteiger partial charge in [0.25, 0.3) is 0 Å². The number of ether oxygens (including phenoxy) is 1. The van der Waals surface area contributed by atoms with E-state index < -0.39 is 6.10 Å². The molecule has 1 N–H and O–H groups in total. The van der Waals surface area contributed by atoms with Crippen molar-refractivity contribution in [3.63, 3.8) is 0 Å². The van der Waals surface area contributed by atoms with Crippen molar-refractivity contribution in [1.82, 2.24) is 0 Å². The molecule has 0 saturated carbocycles. The maximum atomic E-state index is 9.63. The van der Waals surface area contributed by atoms with Crippen LogP contribution in [0.4, 0.5) is 0 Å². The zero-order chi connectivity index (χ0) is 12.3. The van der Waals surface area contributed by atoms with Crippen LogP contribution in [0.5, 0.6) is 11.5 Å². The lowest BCUT2D eigenvalue weighted by molar-refractivity contribution is 0.195. The number of halogens is 1. The molecule has 0 bridgehead atoms. The fourth-order valence-corrected chi connectivity index (χ4v) is 1.67. The molecule has 17 heavy (non-hydrogen) atoms. The van der Waals surface area contributed by atoms with E-state index in [0.717, 1.165) is 5.56 Å². The normalized spacial score (nSPS) is 12.2. The molecule has 0 aliphatic heterocycles. The van der Waals surface area contributed by atoms with Gasteiger partial charge >= 0.3 is 0 Å². The van der Waals surface area contributed by atoms with Crippen molar-refractivity contribution < 1.29 is 9.84 Å². The van der Waals surface area contributed by atoms with E-state index >= 15 is 0 Å². The lowest BCUT2D eigenvalue weighted by Gasteiger charge is -2.12. The number of rotatable bonds is 3. The van der Waals surface area contributed by atoms with E-state index in [1.165, 1.54) is 0 Å². The minimum absolute atomic E-state index is 0.557. The van der Waals surface area contributed by atoms with Crippen LogP contribution in [0.2, 0.25) is 5.02 Å². The molecule has 0 heterocycles. The Kier molecular flexibility index (Phi) is 3.67. The summed E-state index contributed by atoms with van der Waals surface area (Å²) in [6, 6.07) is 14.5. The van der Waals surface area contributed by atoms with E-state index in [1.54, 1.807) is 31.2 Å². The van der Waals surface area contributed by atoms with Crippen LogP contribution >= 0.6 is 11.6 Å². The maximum Gasteiger partial charge on any atom is 0.133 e. The number of aliphatic hydroxyl groups excluding tert-OH is 1. The van der Waals surface area contributed by atoms with E-state index in [4.69, 9.17) is 16.3 Å². The minimum Gasteiger partial charge on any atom is -0.457 e. The van der Waals surface area contributed by atoms with Crippen LogP contribution in [-0.2, 0) is 0 Å². The Labute approximate surface area is 105 Å². The Morgan fingerprint density at radius 2 is 1.71 bits per heavy atom. The topological polar surface area (TPSA) is 29.5 Å². The molecule has 0 unspecified atom stereocenters. The highest BCUT2D eigenvalue weighted by molar-refractivity contribution is 6.30. The maximum absolute atomic E-state index is 9.63. The Morgan fingerprint density at radius 1 is 1.06 bits per heavy atom. The van der Waals surface area contributed by atoms with Crippen molar-refractivity contribution in [2.45, 2.75) is 13.0 Å². The molecule has 0 aliphatic rings. The fourth-order valence-electron chi connectivity index (χ4n) is 1.55. The Balaban J connectivity index is 2.26. The summed E-state index contributed by atoms with van der Waals surface area (Å²) in [4.78, 5) is 0.